The second-order valence-electron chi connectivity index (χ2n) is 5.45. The molecule has 20 heavy (non-hydrogen) atoms. The van der Waals surface area contributed by atoms with Crippen molar-refractivity contribution in [3.05, 3.63) is 58.9 Å². The largest absolute Gasteiger partial charge is 0.488 e. The summed E-state index contributed by atoms with van der Waals surface area (Å²) in [5.41, 5.74) is 4.54. The Labute approximate surface area is 118 Å². The first-order valence-corrected chi connectivity index (χ1v) is 6.87. The van der Waals surface area contributed by atoms with E-state index in [2.05, 4.69) is 37.4 Å². The summed E-state index contributed by atoms with van der Waals surface area (Å²) in [4.78, 5) is 0. The van der Waals surface area contributed by atoms with Crippen molar-refractivity contribution in [1.82, 2.24) is 0 Å². The summed E-state index contributed by atoms with van der Waals surface area (Å²) in [7, 11) is 0. The molecule has 2 aromatic carbocycles. The van der Waals surface area contributed by atoms with Crippen molar-refractivity contribution >= 4 is 5.69 Å². The molecule has 0 aromatic heterocycles. The zero-order chi connectivity index (χ0) is 14.1. The average Bonchev–Trinajstić information content (AvgIpc) is 2.77. The van der Waals surface area contributed by atoms with Crippen molar-refractivity contribution in [2.75, 3.05) is 11.9 Å². The smallest absolute Gasteiger partial charge is 0.123 e. The maximum absolute atomic E-state index is 13.2. The molecule has 2 nitrogen and oxygen atoms in total. The molecule has 0 amide bonds. The predicted octanol–water partition coefficient (Wildman–Crippen LogP) is 3.86. The molecular formula is C17H18FNO. The van der Waals surface area contributed by atoms with Crippen molar-refractivity contribution in [3.8, 4) is 5.75 Å². The Kier molecular flexibility index (Phi) is 3.35. The summed E-state index contributed by atoms with van der Waals surface area (Å²) in [6, 6.07) is 11.1. The third-order valence-corrected chi connectivity index (χ3v) is 3.52. The molecule has 0 radical (unpaired) electrons. The lowest BCUT2D eigenvalue weighted by Gasteiger charge is -2.14. The van der Waals surface area contributed by atoms with Gasteiger partial charge in [-0.1, -0.05) is 6.07 Å². The van der Waals surface area contributed by atoms with Crippen LogP contribution in [0, 0.1) is 19.7 Å². The van der Waals surface area contributed by atoms with Crippen molar-refractivity contribution in [1.29, 1.82) is 0 Å². The Balaban J connectivity index is 1.63. The number of aryl methyl sites for hydroxylation is 2. The summed E-state index contributed by atoms with van der Waals surface area (Å²) in [6.45, 7) is 4.89. The molecule has 0 spiro atoms. The van der Waals surface area contributed by atoms with E-state index in [1.807, 2.05) is 0 Å². The maximum Gasteiger partial charge on any atom is 0.123 e. The topological polar surface area (TPSA) is 21.3 Å². The molecule has 2 aromatic rings. The molecule has 0 bridgehead atoms. The second kappa shape index (κ2) is 5.16. The van der Waals surface area contributed by atoms with Crippen LogP contribution in [0.1, 0.15) is 16.7 Å². The van der Waals surface area contributed by atoms with E-state index in [9.17, 15) is 4.39 Å². The highest BCUT2D eigenvalue weighted by Crippen LogP contribution is 2.29. The van der Waals surface area contributed by atoms with Gasteiger partial charge in [0, 0.05) is 17.7 Å². The molecule has 1 heterocycles. The van der Waals surface area contributed by atoms with Gasteiger partial charge in [-0.15, -0.1) is 0 Å². The molecular weight excluding hydrogens is 253 g/mol. The van der Waals surface area contributed by atoms with Gasteiger partial charge in [-0.05, 0) is 55.3 Å². The number of nitrogens with one attached hydrogen (secondary N) is 1. The lowest BCUT2D eigenvalue weighted by molar-refractivity contribution is 0.246. The van der Waals surface area contributed by atoms with Crippen LogP contribution in [0.2, 0.25) is 0 Å². The van der Waals surface area contributed by atoms with Crippen LogP contribution in [-0.4, -0.2) is 12.6 Å². The van der Waals surface area contributed by atoms with E-state index in [1.165, 1.54) is 17.2 Å². The van der Waals surface area contributed by atoms with Gasteiger partial charge in [0.2, 0.25) is 0 Å². The summed E-state index contributed by atoms with van der Waals surface area (Å²) < 4.78 is 19.0. The molecule has 1 unspecified atom stereocenters. The monoisotopic (exact) mass is 271 g/mol. The minimum atomic E-state index is -0.199. The summed E-state index contributed by atoms with van der Waals surface area (Å²) in [6.07, 6.45) is 0.817. The Morgan fingerprint density at radius 2 is 1.90 bits per heavy atom. The Morgan fingerprint density at radius 1 is 1.15 bits per heavy atom. The number of anilines is 1. The summed E-state index contributed by atoms with van der Waals surface area (Å²) in [5.74, 6) is 0.605. The number of fused-ring (bicyclic) bond motifs is 1. The van der Waals surface area contributed by atoms with Gasteiger partial charge in [-0.3, -0.25) is 0 Å². The predicted molar refractivity (Wildman–Crippen MR) is 78.9 cm³/mol. The number of rotatable bonds is 3. The molecule has 3 heteroatoms. The van der Waals surface area contributed by atoms with Gasteiger partial charge >= 0.3 is 0 Å². The highest BCUT2D eigenvalue weighted by Gasteiger charge is 2.22. The summed E-state index contributed by atoms with van der Waals surface area (Å²) in [5, 5.41) is 3.40. The maximum atomic E-state index is 13.2. The second-order valence-corrected chi connectivity index (χ2v) is 5.45. The molecule has 0 fully saturated rings. The van der Waals surface area contributed by atoms with Gasteiger partial charge < -0.3 is 10.1 Å². The van der Waals surface area contributed by atoms with Gasteiger partial charge in [0.15, 0.2) is 0 Å². The van der Waals surface area contributed by atoms with Crippen molar-refractivity contribution in [2.45, 2.75) is 26.4 Å². The third-order valence-electron chi connectivity index (χ3n) is 3.52. The molecule has 3 rings (SSSR count). The van der Waals surface area contributed by atoms with Crippen LogP contribution >= 0.6 is 0 Å². The number of hydrogen-bond acceptors (Lipinski definition) is 2. The van der Waals surface area contributed by atoms with Crippen molar-refractivity contribution in [3.63, 3.8) is 0 Å². The van der Waals surface area contributed by atoms with E-state index < -0.39 is 0 Å². The number of halogens is 1. The average molecular weight is 271 g/mol. The normalized spacial score (nSPS) is 16.6. The van der Waals surface area contributed by atoms with E-state index in [0.717, 1.165) is 30.0 Å². The Bertz CT molecular complexity index is 619. The highest BCUT2D eigenvalue weighted by atomic mass is 19.1. The molecule has 104 valence electrons. The molecule has 0 saturated carbocycles. The first kappa shape index (κ1) is 13.0. The molecule has 0 saturated heterocycles. The number of benzene rings is 2. The van der Waals surface area contributed by atoms with Crippen molar-refractivity contribution < 1.29 is 9.13 Å². The van der Waals surface area contributed by atoms with Crippen LogP contribution in [-0.2, 0) is 6.42 Å². The van der Waals surface area contributed by atoms with E-state index in [4.69, 9.17) is 4.74 Å². The van der Waals surface area contributed by atoms with Gasteiger partial charge in [0.25, 0.3) is 0 Å². The van der Waals surface area contributed by atoms with Crippen LogP contribution in [0.5, 0.6) is 5.75 Å². The van der Waals surface area contributed by atoms with Crippen LogP contribution in [0.25, 0.3) is 0 Å². The molecule has 1 N–H and O–H groups in total. The van der Waals surface area contributed by atoms with Crippen molar-refractivity contribution in [2.24, 2.45) is 0 Å². The fourth-order valence-corrected chi connectivity index (χ4v) is 2.71. The van der Waals surface area contributed by atoms with E-state index >= 15 is 0 Å². The minimum Gasteiger partial charge on any atom is -0.488 e. The minimum absolute atomic E-state index is 0.0626. The first-order valence-electron chi connectivity index (χ1n) is 6.87. The standard InChI is InChI=1S/C17H18FNO/c1-11-5-12(2)7-15(6-11)19-10-16-9-13-8-14(18)3-4-17(13)20-16/h3-8,16,19H,9-10H2,1-2H3. The lowest BCUT2D eigenvalue weighted by atomic mass is 10.1. The summed E-state index contributed by atoms with van der Waals surface area (Å²) >= 11 is 0. The molecule has 1 atom stereocenters. The lowest BCUT2D eigenvalue weighted by Crippen LogP contribution is -2.24. The Hall–Kier alpha value is -2.03. The van der Waals surface area contributed by atoms with Gasteiger partial charge in [-0.25, -0.2) is 4.39 Å². The number of ether oxygens (including phenoxy) is 1. The van der Waals surface area contributed by atoms with Crippen LogP contribution in [0.3, 0.4) is 0 Å². The fourth-order valence-electron chi connectivity index (χ4n) is 2.71. The van der Waals surface area contributed by atoms with Crippen LogP contribution in [0.4, 0.5) is 10.1 Å². The SMILES string of the molecule is Cc1cc(C)cc(NCC2Cc3cc(F)ccc3O2)c1. The van der Waals surface area contributed by atoms with E-state index in [-0.39, 0.29) is 11.9 Å². The van der Waals surface area contributed by atoms with Gasteiger partial charge in [-0.2, -0.15) is 0 Å². The van der Waals surface area contributed by atoms with Crippen LogP contribution < -0.4 is 10.1 Å². The molecule has 0 aliphatic carbocycles. The number of hydrogen-bond donors (Lipinski definition) is 1. The fraction of sp³-hybridized carbons (Fsp3) is 0.294. The van der Waals surface area contributed by atoms with E-state index in [1.54, 1.807) is 12.1 Å². The Morgan fingerprint density at radius 3 is 2.65 bits per heavy atom. The van der Waals surface area contributed by atoms with Gasteiger partial charge in [0.1, 0.15) is 17.7 Å². The zero-order valence-corrected chi connectivity index (χ0v) is 11.7. The van der Waals surface area contributed by atoms with Gasteiger partial charge in [0.05, 0.1) is 6.54 Å². The highest BCUT2D eigenvalue weighted by molar-refractivity contribution is 5.48. The molecule has 1 aliphatic heterocycles. The quantitative estimate of drug-likeness (QED) is 0.915. The van der Waals surface area contributed by atoms with Crippen LogP contribution in [0.15, 0.2) is 36.4 Å². The third kappa shape index (κ3) is 2.77. The first-order chi connectivity index (χ1) is 9.60. The molecule has 1 aliphatic rings. The zero-order valence-electron chi connectivity index (χ0n) is 11.7. The van der Waals surface area contributed by atoms with E-state index in [0.29, 0.717) is 0 Å².